The van der Waals surface area contributed by atoms with Gasteiger partial charge in [0, 0.05) is 64.2 Å². The van der Waals surface area contributed by atoms with Gasteiger partial charge in [0.15, 0.2) is 0 Å². The van der Waals surface area contributed by atoms with Crippen LogP contribution in [0, 0.1) is 0 Å². The molecule has 0 unspecified atom stereocenters. The Balaban J connectivity index is -0.0000000106. The topological polar surface area (TPSA) is 442 Å². The van der Waals surface area contributed by atoms with Gasteiger partial charge in [0.25, 0.3) is 0 Å². The van der Waals surface area contributed by atoms with E-state index in [1.165, 1.54) is 0 Å². The number of hydrogen-bond acceptors (Lipinski definition) is 21. The van der Waals surface area contributed by atoms with Gasteiger partial charge in [-0.2, -0.15) is 0 Å². The maximum Gasteiger partial charge on any atom is 3.00 e. The second kappa shape index (κ2) is 90.0. The molecule has 36 heteroatoms. The van der Waals surface area contributed by atoms with Crippen molar-refractivity contribution in [2.24, 2.45) is 0 Å². The summed E-state index contributed by atoms with van der Waals surface area (Å²) in [5.41, 5.74) is 0. The van der Waals surface area contributed by atoms with E-state index in [1.54, 1.807) is 0 Å². The third kappa shape index (κ3) is 1620. The molecule has 36 heavy (non-hydrogen) atoms. The Labute approximate surface area is 423 Å². The van der Waals surface area contributed by atoms with Crippen LogP contribution in [0.2, 0.25) is 0 Å². The minimum absolute atomic E-state index is 0. The van der Waals surface area contributed by atoms with E-state index in [9.17, 15) is 0 Å². The first-order valence-corrected chi connectivity index (χ1v) is 12.9. The van der Waals surface area contributed by atoms with E-state index in [0.29, 0.717) is 0 Å². The van der Waals surface area contributed by atoms with Crippen molar-refractivity contribution >= 4 is 174 Å². The zero-order valence-corrected chi connectivity index (χ0v) is 42.6. The molecule has 21 nitrogen and oxygen atoms in total. The molecule has 168 valence electrons. The Morgan fingerprint density at radius 2 is 0.278 bits per heavy atom. The molecular weight excluding hydrogens is 791 g/mol. The molecule has 0 aromatic carbocycles. The fraction of sp³-hybridized carbons (Fsp3) is 0. The molecule has 0 radical (unpaired) electrons. The standard InChI is InChI=1S/2Al.2Ca.2K.2Na.7O3Si/c;;;;;;;;7*1-4(2)3/q2*+3;2*+2;4*+1;7*-2. The zero-order valence-electron chi connectivity index (χ0n) is 18.6. The molecule has 0 aliphatic rings. The molecule has 0 aliphatic heterocycles. The Hall–Kier alpha value is 6.18. The number of rotatable bonds is 0. The van der Waals surface area contributed by atoms with E-state index in [0.717, 1.165) is 0 Å². The molecular formula is Al2Ca2K2Na2O21Si7. The average molecular weight is 791 g/mol. The normalized spacial score (nSPS) is 4.67. The first kappa shape index (κ1) is 96.8. The Bertz CT molecular complexity index is 345. The summed E-state index contributed by atoms with van der Waals surface area (Å²) in [7, 11) is -25.4. The van der Waals surface area contributed by atoms with E-state index in [-0.39, 0.29) is 272 Å². The Morgan fingerprint density at radius 3 is 0.278 bits per heavy atom. The molecule has 0 saturated carbocycles. The third-order valence-electron chi connectivity index (χ3n) is 0. The van der Waals surface area contributed by atoms with Crippen LogP contribution in [0.3, 0.4) is 0 Å². The van der Waals surface area contributed by atoms with E-state index in [1.807, 2.05) is 0 Å². The molecule has 0 aromatic heterocycles. The summed E-state index contributed by atoms with van der Waals surface area (Å²) in [6, 6.07) is 0. The molecule has 0 fully saturated rings. The molecule has 0 heterocycles. The summed E-state index contributed by atoms with van der Waals surface area (Å²) in [6.45, 7) is 0. The van der Waals surface area contributed by atoms with Crippen molar-refractivity contribution in [3.8, 4) is 0 Å². The van der Waals surface area contributed by atoms with Crippen molar-refractivity contribution in [3.63, 3.8) is 0 Å². The summed E-state index contributed by atoms with van der Waals surface area (Å²) in [5.74, 6) is 0. The van der Waals surface area contributed by atoms with Crippen molar-refractivity contribution in [1.29, 1.82) is 0 Å². The van der Waals surface area contributed by atoms with Gasteiger partial charge in [-0.15, -0.1) is 0 Å². The van der Waals surface area contributed by atoms with Crippen LogP contribution in [0.1, 0.15) is 0 Å². The smallest absolute Gasteiger partial charge is 0.672 e. The predicted octanol–water partition coefficient (Wildman–Crippen LogP) is -33.7. The van der Waals surface area contributed by atoms with Gasteiger partial charge in [-0.1, -0.05) is 0 Å². The first-order chi connectivity index (χ1) is 12.1. The monoisotopic (exact) mass is 790 g/mol. The quantitative estimate of drug-likeness (QED) is 0.206. The van der Waals surface area contributed by atoms with E-state index < -0.39 is 64.2 Å². The summed E-state index contributed by atoms with van der Waals surface area (Å²) in [6.07, 6.45) is 0. The van der Waals surface area contributed by atoms with Gasteiger partial charge in [0.2, 0.25) is 0 Å². The first-order valence-electron chi connectivity index (χ1n) is 4.29. The van der Waals surface area contributed by atoms with Crippen LogP contribution in [0.25, 0.3) is 0 Å². The van der Waals surface area contributed by atoms with Gasteiger partial charge < -0.3 is 98.4 Å². The van der Waals surface area contributed by atoms with Crippen molar-refractivity contribution in [2.45, 2.75) is 0 Å². The third-order valence-corrected chi connectivity index (χ3v) is 0. The Kier molecular flexibility index (Phi) is 242. The Morgan fingerprint density at radius 1 is 0.278 bits per heavy atom. The molecule has 0 rings (SSSR count). The van der Waals surface area contributed by atoms with Crippen molar-refractivity contribution in [1.82, 2.24) is 0 Å². The molecule has 0 aliphatic carbocycles. The summed E-state index contributed by atoms with van der Waals surface area (Å²) >= 11 is 0. The molecule has 0 aromatic rings. The van der Waals surface area contributed by atoms with Crippen molar-refractivity contribution in [3.05, 3.63) is 0 Å². The predicted molar refractivity (Wildman–Crippen MR) is 68.1 cm³/mol. The van der Waals surface area contributed by atoms with Crippen LogP contribution in [0.4, 0.5) is 0 Å². The number of hydrogen-bond donors (Lipinski definition) is 0. The maximum atomic E-state index is 8.52. The molecule has 0 N–H and O–H groups in total. The van der Waals surface area contributed by atoms with Gasteiger partial charge in [0.05, 0.1) is 0 Å². The van der Waals surface area contributed by atoms with Crippen LogP contribution in [0.5, 0.6) is 0 Å². The van der Waals surface area contributed by atoms with Gasteiger partial charge in [-0.3, -0.25) is 0 Å². The van der Waals surface area contributed by atoms with Crippen LogP contribution >= 0.6 is 0 Å². The maximum absolute atomic E-state index is 8.52. The summed E-state index contributed by atoms with van der Waals surface area (Å²) in [5, 5.41) is 0. The van der Waals surface area contributed by atoms with Crippen LogP contribution in [-0.4, -0.2) is 174 Å². The molecule has 0 spiro atoms. The van der Waals surface area contributed by atoms with Crippen LogP contribution < -0.4 is 229 Å². The molecule has 0 amide bonds. The molecule has 0 bridgehead atoms. The van der Waals surface area contributed by atoms with Crippen LogP contribution in [0.15, 0.2) is 0 Å². The van der Waals surface area contributed by atoms with Gasteiger partial charge >= 0.3 is 272 Å². The van der Waals surface area contributed by atoms with Crippen molar-refractivity contribution < 1.29 is 260 Å². The second-order valence-corrected chi connectivity index (χ2v) is 5.25. The minimum atomic E-state index is -3.63. The summed E-state index contributed by atoms with van der Waals surface area (Å²) < 4.78 is 59.6. The second-order valence-electron chi connectivity index (χ2n) is 1.75. The van der Waals surface area contributed by atoms with E-state index in [4.69, 9.17) is 98.4 Å². The SMILES string of the molecule is O=[Si]([O-])[O-].O=[Si]([O-])[O-].O=[Si]([O-])[O-].O=[Si]([O-])[O-].O=[Si]([O-])[O-].O=[Si]([O-])[O-].O=[Si]([O-])[O-].[Al+3].[Al+3].[Ca+2].[Ca+2].[K+].[K+].[Na+].[Na+]. The average Bonchev–Trinajstić information content (AvgIpc) is 2.20. The van der Waals surface area contributed by atoms with Crippen LogP contribution in [-0.2, 0) is 31.2 Å². The molecule has 0 atom stereocenters. The van der Waals surface area contributed by atoms with Gasteiger partial charge in [-0.25, -0.2) is 0 Å². The minimum Gasteiger partial charge on any atom is -0.672 e. The van der Waals surface area contributed by atoms with Crippen molar-refractivity contribution in [2.75, 3.05) is 0 Å². The van der Waals surface area contributed by atoms with E-state index in [2.05, 4.69) is 0 Å². The van der Waals surface area contributed by atoms with E-state index >= 15 is 0 Å². The zero-order chi connectivity index (χ0) is 25.0. The summed E-state index contributed by atoms with van der Waals surface area (Å²) in [4.78, 5) is 119. The van der Waals surface area contributed by atoms with Gasteiger partial charge in [0.1, 0.15) is 0 Å². The molecule has 0 saturated heterocycles. The fourth-order valence-electron chi connectivity index (χ4n) is 0. The van der Waals surface area contributed by atoms with Gasteiger partial charge in [-0.05, 0) is 0 Å². The fourth-order valence-corrected chi connectivity index (χ4v) is 0. The largest absolute Gasteiger partial charge is 3.00 e.